The molecule has 1 aromatic heterocycles. The number of nitrogens with zero attached hydrogens (tertiary/aromatic N) is 1. The van der Waals surface area contributed by atoms with Gasteiger partial charge in [-0.05, 0) is 32.4 Å². The number of hydrogen-bond donors (Lipinski definition) is 0. The first kappa shape index (κ1) is 10.8. The Morgan fingerprint density at radius 3 is 2.53 bits per heavy atom. The summed E-state index contributed by atoms with van der Waals surface area (Å²) in [4.78, 5) is 5.82. The van der Waals surface area contributed by atoms with Crippen molar-refractivity contribution in [2.75, 3.05) is 0 Å². The predicted molar refractivity (Wildman–Crippen MR) is 69.0 cm³/mol. The van der Waals surface area contributed by atoms with Crippen LogP contribution in [-0.2, 0) is 6.42 Å². The Kier molecular flexibility index (Phi) is 3.22. The number of hydrogen-bond acceptors (Lipinski definition) is 2. The second kappa shape index (κ2) is 4.45. The molecule has 2 aromatic rings. The minimum atomic E-state index is 0.819. The van der Waals surface area contributed by atoms with Gasteiger partial charge in [0.05, 0.1) is 5.69 Å². The van der Waals surface area contributed by atoms with Crippen LogP contribution in [0.5, 0.6) is 0 Å². The van der Waals surface area contributed by atoms with E-state index in [1.807, 2.05) is 19.1 Å². The molecule has 1 aromatic carbocycles. The van der Waals surface area contributed by atoms with Gasteiger partial charge in [-0.3, -0.25) is 0 Å². The lowest BCUT2D eigenvalue weighted by atomic mass is 10.2. The molecule has 0 fully saturated rings. The van der Waals surface area contributed by atoms with E-state index < -0.39 is 0 Å². The Bertz CT molecular complexity index is 459. The Morgan fingerprint density at radius 1 is 1.33 bits per heavy atom. The van der Waals surface area contributed by atoms with Crippen LogP contribution in [0.3, 0.4) is 0 Å². The Morgan fingerprint density at radius 2 is 2.00 bits per heavy atom. The van der Waals surface area contributed by atoms with Crippen LogP contribution >= 0.6 is 27.3 Å². The molecule has 1 radical (unpaired) electrons. The predicted octanol–water partition coefficient (Wildman–Crippen LogP) is 4.26. The fourth-order valence-corrected chi connectivity index (χ4v) is 2.61. The van der Waals surface area contributed by atoms with Crippen molar-refractivity contribution in [3.63, 3.8) is 0 Å². The van der Waals surface area contributed by atoms with Gasteiger partial charge < -0.3 is 0 Å². The minimum absolute atomic E-state index is 0.819. The van der Waals surface area contributed by atoms with E-state index in [4.69, 9.17) is 0 Å². The highest BCUT2D eigenvalue weighted by atomic mass is 79.9. The van der Waals surface area contributed by atoms with Gasteiger partial charge in [0, 0.05) is 14.9 Å². The maximum Gasteiger partial charge on any atom is 0.123 e. The van der Waals surface area contributed by atoms with Crippen molar-refractivity contribution in [1.29, 1.82) is 0 Å². The normalized spacial score (nSPS) is 10.6. The zero-order valence-electron chi connectivity index (χ0n) is 8.46. The van der Waals surface area contributed by atoms with Gasteiger partial charge in [-0.15, -0.1) is 11.3 Å². The monoisotopic (exact) mass is 280 g/mol. The second-order valence-corrected chi connectivity index (χ2v) is 5.28. The molecule has 0 spiro atoms. The molecule has 77 valence electrons. The Hall–Kier alpha value is -0.670. The van der Waals surface area contributed by atoms with Crippen molar-refractivity contribution in [1.82, 2.24) is 4.98 Å². The molecule has 0 bridgehead atoms. The van der Waals surface area contributed by atoms with Crippen molar-refractivity contribution in [3.05, 3.63) is 46.2 Å². The van der Waals surface area contributed by atoms with Gasteiger partial charge in [-0.25, -0.2) is 4.98 Å². The van der Waals surface area contributed by atoms with Gasteiger partial charge >= 0.3 is 0 Å². The summed E-state index contributed by atoms with van der Waals surface area (Å²) >= 11 is 5.15. The third-order valence-electron chi connectivity index (χ3n) is 2.21. The Labute approximate surface area is 102 Å². The first-order valence-corrected chi connectivity index (χ1v) is 6.33. The summed E-state index contributed by atoms with van der Waals surface area (Å²) in [6.45, 7) is 5.94. The minimum Gasteiger partial charge on any atom is -0.241 e. The average Bonchev–Trinajstić information content (AvgIpc) is 2.61. The lowest BCUT2D eigenvalue weighted by Crippen LogP contribution is -1.78. The van der Waals surface area contributed by atoms with E-state index in [0.717, 1.165) is 21.6 Å². The zero-order chi connectivity index (χ0) is 10.8. The van der Waals surface area contributed by atoms with Crippen molar-refractivity contribution >= 4 is 27.3 Å². The van der Waals surface area contributed by atoms with Crippen molar-refractivity contribution in [2.45, 2.75) is 13.3 Å². The number of rotatable bonds is 2. The highest BCUT2D eigenvalue weighted by molar-refractivity contribution is 9.10. The number of aryl methyl sites for hydroxylation is 1. The molecule has 2 rings (SSSR count). The summed E-state index contributed by atoms with van der Waals surface area (Å²) < 4.78 is 1.09. The number of thiazole rings is 1. The van der Waals surface area contributed by atoms with Crippen molar-refractivity contribution < 1.29 is 0 Å². The highest BCUT2D eigenvalue weighted by Crippen LogP contribution is 2.28. The summed E-state index contributed by atoms with van der Waals surface area (Å²) in [5, 5.41) is 1.08. The van der Waals surface area contributed by atoms with Crippen LogP contribution < -0.4 is 0 Å². The largest absolute Gasteiger partial charge is 0.241 e. The van der Waals surface area contributed by atoms with E-state index in [2.05, 4.69) is 40.0 Å². The molecule has 0 saturated heterocycles. The molecule has 0 unspecified atom stereocenters. The second-order valence-electron chi connectivity index (χ2n) is 3.28. The fraction of sp³-hybridized carbons (Fsp3) is 0.167. The maximum atomic E-state index is 4.54. The van der Waals surface area contributed by atoms with E-state index in [-0.39, 0.29) is 0 Å². The average molecular weight is 281 g/mol. The number of aromatic nitrogens is 1. The SMILES string of the molecule is [CH2]Cc1sc(-c2ccc(Br)cc2)nc1C. The van der Waals surface area contributed by atoms with Crippen molar-refractivity contribution in [3.8, 4) is 10.6 Å². The molecule has 0 saturated carbocycles. The maximum absolute atomic E-state index is 4.54. The molecular weight excluding hydrogens is 270 g/mol. The number of benzene rings is 1. The van der Waals surface area contributed by atoms with Crippen LogP contribution in [-0.4, -0.2) is 4.98 Å². The third kappa shape index (κ3) is 2.29. The molecule has 3 heteroatoms. The molecule has 0 aliphatic carbocycles. The first-order chi connectivity index (χ1) is 7.20. The third-order valence-corrected chi connectivity index (χ3v) is 4.01. The summed E-state index contributed by atoms with van der Waals surface area (Å²) in [5.41, 5.74) is 2.28. The van der Waals surface area contributed by atoms with Gasteiger partial charge in [0.2, 0.25) is 0 Å². The fourth-order valence-electron chi connectivity index (χ4n) is 1.38. The van der Waals surface area contributed by atoms with Gasteiger partial charge in [0.1, 0.15) is 5.01 Å². The smallest absolute Gasteiger partial charge is 0.123 e. The van der Waals surface area contributed by atoms with E-state index in [9.17, 15) is 0 Å². The highest BCUT2D eigenvalue weighted by Gasteiger charge is 2.07. The molecule has 15 heavy (non-hydrogen) atoms. The zero-order valence-corrected chi connectivity index (χ0v) is 10.9. The van der Waals surface area contributed by atoms with Gasteiger partial charge in [0.15, 0.2) is 0 Å². The first-order valence-electron chi connectivity index (χ1n) is 4.72. The molecular formula is C12H11BrNS. The van der Waals surface area contributed by atoms with Crippen LogP contribution in [0.2, 0.25) is 0 Å². The Balaban J connectivity index is 2.41. The van der Waals surface area contributed by atoms with Crippen LogP contribution in [0.25, 0.3) is 10.6 Å². The molecule has 1 nitrogen and oxygen atoms in total. The van der Waals surface area contributed by atoms with Crippen LogP contribution in [0, 0.1) is 13.8 Å². The molecule has 0 N–H and O–H groups in total. The quantitative estimate of drug-likeness (QED) is 0.801. The molecule has 0 amide bonds. The topological polar surface area (TPSA) is 12.9 Å². The number of halogens is 1. The van der Waals surface area contributed by atoms with E-state index >= 15 is 0 Å². The van der Waals surface area contributed by atoms with Crippen LogP contribution in [0.1, 0.15) is 10.6 Å². The lowest BCUT2D eigenvalue weighted by molar-refractivity contribution is 1.18. The molecule has 1 heterocycles. The summed E-state index contributed by atoms with van der Waals surface area (Å²) in [6.07, 6.45) is 0.819. The van der Waals surface area contributed by atoms with E-state index in [1.165, 1.54) is 10.4 Å². The van der Waals surface area contributed by atoms with Crippen LogP contribution in [0.15, 0.2) is 28.7 Å². The standard InChI is InChI=1S/C12H11BrNS/c1-3-11-8(2)14-12(15-11)9-4-6-10(13)7-5-9/h4-7H,1,3H2,2H3. The van der Waals surface area contributed by atoms with Gasteiger partial charge in [-0.1, -0.05) is 28.1 Å². The summed E-state index contributed by atoms with van der Waals surface area (Å²) in [5.74, 6) is 0. The van der Waals surface area contributed by atoms with Gasteiger partial charge in [0.25, 0.3) is 0 Å². The lowest BCUT2D eigenvalue weighted by Gasteiger charge is -1.95. The summed E-state index contributed by atoms with van der Waals surface area (Å²) in [7, 11) is 0. The van der Waals surface area contributed by atoms with Crippen LogP contribution in [0.4, 0.5) is 0 Å². The summed E-state index contributed by atoms with van der Waals surface area (Å²) in [6, 6.07) is 8.23. The van der Waals surface area contributed by atoms with E-state index in [0.29, 0.717) is 0 Å². The molecule has 0 aliphatic rings. The molecule has 0 aliphatic heterocycles. The van der Waals surface area contributed by atoms with E-state index in [1.54, 1.807) is 11.3 Å². The van der Waals surface area contributed by atoms with Crippen molar-refractivity contribution in [2.24, 2.45) is 0 Å². The molecule has 0 atom stereocenters. The van der Waals surface area contributed by atoms with Gasteiger partial charge in [-0.2, -0.15) is 0 Å².